The van der Waals surface area contributed by atoms with E-state index in [0.29, 0.717) is 70.8 Å². The Kier molecular flexibility index (Phi) is 12.2. The first-order valence-corrected chi connectivity index (χ1v) is 20.3. The van der Waals surface area contributed by atoms with Gasteiger partial charge in [-0.1, -0.05) is 45.8 Å². The lowest BCUT2D eigenvalue weighted by molar-refractivity contribution is -0.210. The van der Waals surface area contributed by atoms with Gasteiger partial charge in [0.1, 0.15) is 23.9 Å². The van der Waals surface area contributed by atoms with Gasteiger partial charge in [-0.3, -0.25) is 29.1 Å². The molecule has 7 rings (SSSR count). The maximum atomic E-state index is 13.5. The Hall–Kier alpha value is -7.04. The van der Waals surface area contributed by atoms with Gasteiger partial charge in [-0.2, -0.15) is 0 Å². The summed E-state index contributed by atoms with van der Waals surface area (Å²) in [6.07, 6.45) is 3.58. The molecule has 2 aliphatic rings. The van der Waals surface area contributed by atoms with Gasteiger partial charge in [0.25, 0.3) is 17.7 Å². The number of aromatic nitrogens is 3. The van der Waals surface area contributed by atoms with Crippen molar-refractivity contribution < 1.29 is 42.9 Å². The number of piperidine rings is 1. The minimum absolute atomic E-state index is 0.0492. The molecule has 2 atom stereocenters. The van der Waals surface area contributed by atoms with Gasteiger partial charge in [-0.05, 0) is 74.2 Å². The van der Waals surface area contributed by atoms with Crippen LogP contribution in [0.15, 0.2) is 77.6 Å². The number of unbranched alkanes of at least 4 members (excludes halogenated alkanes) is 1. The van der Waals surface area contributed by atoms with Gasteiger partial charge >= 0.3 is 12.0 Å². The minimum atomic E-state index is -1.000. The number of fused-ring (bicyclic) bond motifs is 2. The first kappa shape index (κ1) is 42.1. The Bertz CT molecular complexity index is 2490. The number of imidazole rings is 1. The van der Waals surface area contributed by atoms with Crippen molar-refractivity contribution in [2.24, 2.45) is 5.92 Å². The Morgan fingerprint density at radius 2 is 1.75 bits per heavy atom. The van der Waals surface area contributed by atoms with Crippen molar-refractivity contribution in [1.82, 2.24) is 24.7 Å². The van der Waals surface area contributed by atoms with Gasteiger partial charge in [-0.15, -0.1) is 5.06 Å². The molecule has 0 saturated carbocycles. The van der Waals surface area contributed by atoms with E-state index < -0.39 is 41.7 Å². The predicted molar refractivity (Wildman–Crippen MR) is 224 cm³/mol. The maximum Gasteiger partial charge on any atom is 0.335 e. The number of nitrogens with zero attached hydrogens (tertiary/aromatic N) is 5. The zero-order valence-corrected chi connectivity index (χ0v) is 34.7. The van der Waals surface area contributed by atoms with Crippen LogP contribution < -0.4 is 20.7 Å². The molecule has 61 heavy (non-hydrogen) atoms. The fourth-order valence-corrected chi connectivity index (χ4v) is 6.95. The molecule has 0 bridgehead atoms. The first-order valence-electron chi connectivity index (χ1n) is 20.3. The molecule has 6 amide bonds. The van der Waals surface area contributed by atoms with Crippen molar-refractivity contribution >= 4 is 63.9 Å². The highest BCUT2D eigenvalue weighted by atomic mass is 16.7. The van der Waals surface area contributed by atoms with E-state index in [4.69, 9.17) is 14.1 Å². The number of nitrogens with one attached hydrogen (secondary N) is 3. The summed E-state index contributed by atoms with van der Waals surface area (Å²) in [5, 5.41) is 12.8. The van der Waals surface area contributed by atoms with Crippen molar-refractivity contribution in [3.05, 3.63) is 89.9 Å². The first-order chi connectivity index (χ1) is 29.2. The van der Waals surface area contributed by atoms with Gasteiger partial charge in [-0.25, -0.2) is 14.6 Å². The molecule has 3 aromatic carbocycles. The fourth-order valence-electron chi connectivity index (χ4n) is 6.95. The van der Waals surface area contributed by atoms with E-state index in [1.54, 1.807) is 56.6 Å². The van der Waals surface area contributed by atoms with Crippen molar-refractivity contribution in [2.75, 3.05) is 22.6 Å². The fraction of sp³-hybridized carbons (Fsp3) is 0.364. The summed E-state index contributed by atoms with van der Waals surface area (Å²) in [5.41, 5.74) is 4.20. The summed E-state index contributed by atoms with van der Waals surface area (Å²) in [4.78, 5) is 88.3. The molecular formula is C44H48N8O9. The molecule has 1 fully saturated rings. The second-order valence-corrected chi connectivity index (χ2v) is 16.1. The third-order valence-electron chi connectivity index (χ3n) is 10.7. The monoisotopic (exact) mass is 832 g/mol. The molecule has 4 heterocycles. The normalized spacial score (nSPS) is 15.8. The number of urea groups is 1. The maximum absolute atomic E-state index is 13.5. The van der Waals surface area contributed by atoms with Gasteiger partial charge in [0.05, 0.1) is 23.6 Å². The van der Waals surface area contributed by atoms with Crippen LogP contribution in [-0.4, -0.2) is 72.9 Å². The number of ether oxygens (including phenoxy) is 1. The van der Waals surface area contributed by atoms with Crippen LogP contribution in [0.3, 0.4) is 0 Å². The summed E-state index contributed by atoms with van der Waals surface area (Å²) in [5.74, 6) is -1.61. The van der Waals surface area contributed by atoms with E-state index in [2.05, 4.69) is 26.1 Å². The van der Waals surface area contributed by atoms with E-state index in [9.17, 15) is 28.8 Å². The molecule has 2 aromatic heterocycles. The Morgan fingerprint density at radius 3 is 2.49 bits per heavy atom. The molecule has 2 unspecified atom stereocenters. The van der Waals surface area contributed by atoms with Crippen LogP contribution in [-0.2, 0) is 36.0 Å². The number of carbonyl (C=O) groups excluding carboxylic acids is 6. The number of rotatable bonds is 14. The molecule has 0 aliphatic carbocycles. The highest BCUT2D eigenvalue weighted by Gasteiger charge is 2.45. The topological polar surface area (TPSA) is 207 Å². The van der Waals surface area contributed by atoms with Gasteiger partial charge in [0, 0.05) is 65.1 Å². The lowest BCUT2D eigenvalue weighted by Crippen LogP contribution is -2.55. The largest absolute Gasteiger partial charge is 0.494 e. The summed E-state index contributed by atoms with van der Waals surface area (Å²) in [6, 6.07) is 18.2. The van der Waals surface area contributed by atoms with Crippen LogP contribution >= 0.6 is 0 Å². The van der Waals surface area contributed by atoms with Crippen LogP contribution in [0.5, 0.6) is 5.75 Å². The van der Waals surface area contributed by atoms with E-state index in [0.717, 1.165) is 16.7 Å². The number of amides is 6. The quantitative estimate of drug-likeness (QED) is 0.0758. The third-order valence-corrected chi connectivity index (χ3v) is 10.7. The third kappa shape index (κ3) is 9.40. The van der Waals surface area contributed by atoms with Crippen LogP contribution in [0.25, 0.3) is 16.7 Å². The Labute approximate surface area is 351 Å². The Balaban J connectivity index is 0.866. The molecule has 17 heteroatoms. The number of carbonyl (C=O) groups is 6. The van der Waals surface area contributed by atoms with Crippen molar-refractivity contribution in [2.45, 2.75) is 91.1 Å². The highest BCUT2D eigenvalue weighted by molar-refractivity contribution is 6.07. The van der Waals surface area contributed by atoms with Crippen molar-refractivity contribution in [3.8, 4) is 11.4 Å². The lowest BCUT2D eigenvalue weighted by Gasteiger charge is -2.34. The van der Waals surface area contributed by atoms with E-state index in [1.165, 1.54) is 4.90 Å². The standard InChI is InChI=1S/C44H48N8O9/c1-6-26(2)42(57)61-52-39(54)20-19-35(41(52)56)50-24-31-30(40(50)55)10-9-11-32(31)47-38(53)12-7-8-21-59-29-17-18-34-33(22-29)45-25-51(34)28-15-13-27(14-16-28)46-43(58)48-37-23-36(60-49-37)44(3,4)5/h9-11,13-18,22-23,25-26,35H,6-8,12,19-21,24H2,1-5H3,(H,47,53)(H2,46,48,49,58). The number of hydrogen-bond acceptors (Lipinski definition) is 11. The molecule has 2 aliphatic heterocycles. The van der Waals surface area contributed by atoms with Crippen LogP contribution in [0, 0.1) is 5.92 Å². The van der Waals surface area contributed by atoms with Crippen LogP contribution in [0.2, 0.25) is 0 Å². The molecule has 0 spiro atoms. The average molecular weight is 833 g/mol. The SMILES string of the molecule is CCC(C)C(=O)ON1C(=O)CCC(N2Cc3c(NC(=O)CCCCOc4ccc5c(c4)ncn5-c4ccc(NC(=O)Nc5cc(C(C)(C)C)on5)cc4)cccc3C2=O)C1=O. The molecule has 17 nitrogen and oxygen atoms in total. The summed E-state index contributed by atoms with van der Waals surface area (Å²) in [6.45, 7) is 9.84. The van der Waals surface area contributed by atoms with Crippen molar-refractivity contribution in [3.63, 3.8) is 0 Å². The van der Waals surface area contributed by atoms with Gasteiger partial charge in [0.2, 0.25) is 5.91 Å². The summed E-state index contributed by atoms with van der Waals surface area (Å²) >= 11 is 0. The molecule has 5 aromatic rings. The predicted octanol–water partition coefficient (Wildman–Crippen LogP) is 7.12. The molecule has 1 saturated heterocycles. The number of anilines is 3. The number of imide groups is 1. The summed E-state index contributed by atoms with van der Waals surface area (Å²) < 4.78 is 13.2. The lowest BCUT2D eigenvalue weighted by atomic mass is 9.93. The molecular weight excluding hydrogens is 785 g/mol. The second kappa shape index (κ2) is 17.7. The average Bonchev–Trinajstić information content (AvgIpc) is 3.97. The molecule has 0 radical (unpaired) electrons. The van der Waals surface area contributed by atoms with E-state index >= 15 is 0 Å². The minimum Gasteiger partial charge on any atom is -0.494 e. The Morgan fingerprint density at radius 1 is 0.967 bits per heavy atom. The van der Waals surface area contributed by atoms with E-state index in [1.807, 2.05) is 55.7 Å². The number of hydroxylamine groups is 2. The van der Waals surface area contributed by atoms with E-state index in [-0.39, 0.29) is 37.1 Å². The zero-order valence-electron chi connectivity index (χ0n) is 34.7. The van der Waals surface area contributed by atoms with Gasteiger partial charge < -0.3 is 29.6 Å². The molecule has 3 N–H and O–H groups in total. The highest BCUT2D eigenvalue weighted by Crippen LogP contribution is 2.34. The van der Waals surface area contributed by atoms with Crippen LogP contribution in [0.1, 0.15) is 94.8 Å². The van der Waals surface area contributed by atoms with Crippen molar-refractivity contribution in [1.29, 1.82) is 0 Å². The summed E-state index contributed by atoms with van der Waals surface area (Å²) in [7, 11) is 0. The smallest absolute Gasteiger partial charge is 0.335 e. The number of benzene rings is 3. The van der Waals surface area contributed by atoms with Crippen LogP contribution in [0.4, 0.5) is 22.0 Å². The zero-order chi connectivity index (χ0) is 43.4. The van der Waals surface area contributed by atoms with Gasteiger partial charge in [0.15, 0.2) is 5.82 Å². The second-order valence-electron chi connectivity index (χ2n) is 16.1. The number of hydrogen-bond donors (Lipinski definition) is 3. The molecule has 318 valence electrons.